The summed E-state index contributed by atoms with van der Waals surface area (Å²) in [5.41, 5.74) is 0.242. The molecule has 29 heavy (non-hydrogen) atoms. The number of hydrogen-bond acceptors (Lipinski definition) is 7. The van der Waals surface area contributed by atoms with Gasteiger partial charge in [0.05, 0.1) is 9.83 Å². The Balaban J connectivity index is 1.77. The molecule has 1 saturated heterocycles. The molecule has 1 aliphatic heterocycles. The van der Waals surface area contributed by atoms with Gasteiger partial charge in [-0.1, -0.05) is 35.6 Å². The topological polar surface area (TPSA) is 114 Å². The second-order valence-electron chi connectivity index (χ2n) is 5.96. The highest BCUT2D eigenvalue weighted by atomic mass is 35.5. The Kier molecular flexibility index (Phi) is 6.36. The summed E-state index contributed by atoms with van der Waals surface area (Å²) in [6.45, 7) is 0.228. The average Bonchev–Trinajstić information content (AvgIpc) is 3.22. The normalized spacial score (nSPS) is 15.3. The van der Waals surface area contributed by atoms with E-state index in [2.05, 4.69) is 0 Å². The molecule has 0 aliphatic carbocycles. The zero-order chi connectivity index (χ0) is 21.1. The Labute approximate surface area is 179 Å². The fraction of sp³-hybridized carbons (Fsp3) is 0.167. The van der Waals surface area contributed by atoms with E-state index in [1.54, 1.807) is 18.2 Å². The van der Waals surface area contributed by atoms with Gasteiger partial charge in [0.1, 0.15) is 20.9 Å². The first-order valence-electron chi connectivity index (χ1n) is 8.27. The van der Waals surface area contributed by atoms with E-state index < -0.39 is 10.9 Å². The van der Waals surface area contributed by atoms with Crippen LogP contribution < -0.4 is 0 Å². The molecule has 0 spiro atoms. The van der Waals surface area contributed by atoms with Gasteiger partial charge in [0, 0.05) is 30.7 Å². The molecule has 0 radical (unpaired) electrons. The minimum Gasteiger partial charge on any atom is -0.481 e. The number of hydrogen-bond donors (Lipinski definition) is 1. The molecule has 8 nitrogen and oxygen atoms in total. The molecule has 1 aliphatic rings. The van der Waals surface area contributed by atoms with Gasteiger partial charge >= 0.3 is 5.97 Å². The van der Waals surface area contributed by atoms with Crippen LogP contribution in [-0.4, -0.2) is 37.7 Å². The summed E-state index contributed by atoms with van der Waals surface area (Å²) in [6, 6.07) is 7.59. The molecule has 1 aromatic heterocycles. The molecule has 150 valence electrons. The Morgan fingerprint density at radius 1 is 1.38 bits per heavy atom. The van der Waals surface area contributed by atoms with Crippen molar-refractivity contribution in [3.05, 3.63) is 56.1 Å². The first-order chi connectivity index (χ1) is 13.8. The lowest BCUT2D eigenvalue weighted by Crippen LogP contribution is -2.29. The van der Waals surface area contributed by atoms with E-state index in [0.29, 0.717) is 32.7 Å². The lowest BCUT2D eigenvalue weighted by molar-refractivity contribution is -0.384. The zero-order valence-electron chi connectivity index (χ0n) is 14.7. The molecule has 1 N–H and O–H groups in total. The Hall–Kier alpha value is -2.69. The van der Waals surface area contributed by atoms with E-state index >= 15 is 0 Å². The Morgan fingerprint density at radius 2 is 2.14 bits per heavy atom. The number of nitro groups is 1. The van der Waals surface area contributed by atoms with E-state index in [1.165, 1.54) is 23.1 Å². The van der Waals surface area contributed by atoms with Crippen LogP contribution in [0.25, 0.3) is 17.4 Å². The smallest absolute Gasteiger partial charge is 0.303 e. The quantitative estimate of drug-likeness (QED) is 0.281. The first-order valence-corrected chi connectivity index (χ1v) is 9.88. The van der Waals surface area contributed by atoms with Crippen molar-refractivity contribution in [2.75, 3.05) is 6.54 Å². The molecule has 1 amide bonds. The minimum absolute atomic E-state index is 0.0251. The second-order valence-corrected chi connectivity index (χ2v) is 8.04. The van der Waals surface area contributed by atoms with Crippen molar-refractivity contribution in [3.63, 3.8) is 0 Å². The van der Waals surface area contributed by atoms with Crippen molar-refractivity contribution < 1.29 is 24.0 Å². The summed E-state index contributed by atoms with van der Waals surface area (Å²) in [5.74, 6) is -0.487. The number of thiocarbonyl (C=S) groups is 1. The SMILES string of the molecule is O=C(O)CCCN1C(=O)C(=Cc2ccc(-c3ccc(Cl)c([N+](=O)[O-])c3)o2)SC1=S. The van der Waals surface area contributed by atoms with Crippen molar-refractivity contribution in [3.8, 4) is 11.3 Å². The summed E-state index contributed by atoms with van der Waals surface area (Å²) in [5, 5.41) is 19.8. The van der Waals surface area contributed by atoms with Crippen LogP contribution in [0.15, 0.2) is 39.7 Å². The van der Waals surface area contributed by atoms with E-state index in [1.807, 2.05) is 0 Å². The number of carboxylic acid groups (broad SMARTS) is 1. The number of furan rings is 1. The van der Waals surface area contributed by atoms with Crippen molar-refractivity contribution in [1.29, 1.82) is 0 Å². The lowest BCUT2D eigenvalue weighted by atomic mass is 10.1. The molecule has 3 rings (SSSR count). The molecule has 0 saturated carbocycles. The standard InChI is InChI=1S/C18H13ClN2O6S2/c19-12-5-3-10(8-13(12)21(25)26)14-6-4-11(27-14)9-15-17(24)20(18(28)29-15)7-1-2-16(22)23/h3-6,8-9H,1-2,7H2,(H,22,23). The molecular weight excluding hydrogens is 440 g/mol. The molecular formula is C18H13ClN2O6S2. The highest BCUT2D eigenvalue weighted by Gasteiger charge is 2.32. The predicted octanol–water partition coefficient (Wildman–Crippen LogP) is 4.57. The average molecular weight is 453 g/mol. The lowest BCUT2D eigenvalue weighted by Gasteiger charge is -2.13. The fourth-order valence-electron chi connectivity index (χ4n) is 2.60. The summed E-state index contributed by atoms with van der Waals surface area (Å²) in [7, 11) is 0. The van der Waals surface area contributed by atoms with E-state index in [4.69, 9.17) is 33.3 Å². The van der Waals surface area contributed by atoms with Crippen LogP contribution >= 0.6 is 35.6 Å². The van der Waals surface area contributed by atoms with Crippen molar-refractivity contribution >= 4 is 63.5 Å². The molecule has 2 aromatic rings. The van der Waals surface area contributed by atoms with Crippen LogP contribution in [0.1, 0.15) is 18.6 Å². The number of carbonyl (C=O) groups is 2. The number of carbonyl (C=O) groups excluding carboxylic acids is 1. The number of carboxylic acids is 1. The molecule has 0 atom stereocenters. The van der Waals surface area contributed by atoms with E-state index in [9.17, 15) is 19.7 Å². The van der Waals surface area contributed by atoms with Gasteiger partial charge in [0.2, 0.25) is 0 Å². The van der Waals surface area contributed by atoms with Gasteiger partial charge in [0.15, 0.2) is 0 Å². The maximum atomic E-state index is 12.5. The zero-order valence-corrected chi connectivity index (χ0v) is 17.1. The fourth-order valence-corrected chi connectivity index (χ4v) is 4.08. The number of nitrogens with zero attached hydrogens (tertiary/aromatic N) is 2. The predicted molar refractivity (Wildman–Crippen MR) is 113 cm³/mol. The summed E-state index contributed by atoms with van der Waals surface area (Å²) < 4.78 is 6.04. The van der Waals surface area contributed by atoms with Crippen LogP contribution in [-0.2, 0) is 9.59 Å². The second kappa shape index (κ2) is 8.76. The van der Waals surface area contributed by atoms with Gasteiger partial charge in [0.25, 0.3) is 11.6 Å². The third-order valence-corrected chi connectivity index (χ3v) is 5.67. The number of nitro benzene ring substituents is 1. The number of aliphatic carboxylic acids is 1. The molecule has 2 heterocycles. The largest absolute Gasteiger partial charge is 0.481 e. The number of rotatable bonds is 7. The molecule has 1 fully saturated rings. The summed E-state index contributed by atoms with van der Waals surface area (Å²) >= 11 is 12.1. The van der Waals surface area contributed by atoms with Gasteiger partial charge < -0.3 is 9.52 Å². The van der Waals surface area contributed by atoms with Gasteiger partial charge in [-0.25, -0.2) is 0 Å². The minimum atomic E-state index is -0.934. The van der Waals surface area contributed by atoms with Crippen molar-refractivity contribution in [2.45, 2.75) is 12.8 Å². The third kappa shape index (κ3) is 4.84. The molecule has 0 bridgehead atoms. The number of amides is 1. The highest BCUT2D eigenvalue weighted by molar-refractivity contribution is 8.26. The Bertz CT molecular complexity index is 1050. The van der Waals surface area contributed by atoms with Crippen LogP contribution in [0.2, 0.25) is 5.02 Å². The van der Waals surface area contributed by atoms with Crippen LogP contribution in [0, 0.1) is 10.1 Å². The number of halogens is 1. The maximum Gasteiger partial charge on any atom is 0.303 e. The van der Waals surface area contributed by atoms with E-state index in [-0.39, 0.29) is 29.6 Å². The highest BCUT2D eigenvalue weighted by Crippen LogP contribution is 2.35. The van der Waals surface area contributed by atoms with Gasteiger partial charge in [-0.3, -0.25) is 24.6 Å². The van der Waals surface area contributed by atoms with Crippen molar-refractivity contribution in [2.24, 2.45) is 0 Å². The van der Waals surface area contributed by atoms with Crippen LogP contribution in [0.5, 0.6) is 0 Å². The third-order valence-electron chi connectivity index (χ3n) is 3.97. The van der Waals surface area contributed by atoms with Crippen molar-refractivity contribution in [1.82, 2.24) is 4.90 Å². The maximum absolute atomic E-state index is 12.5. The van der Waals surface area contributed by atoms with Gasteiger partial charge in [-0.05, 0) is 30.7 Å². The number of benzene rings is 1. The summed E-state index contributed by atoms with van der Waals surface area (Å²) in [6.07, 6.45) is 1.78. The van der Waals surface area contributed by atoms with Crippen LogP contribution in [0.4, 0.5) is 5.69 Å². The van der Waals surface area contributed by atoms with Gasteiger partial charge in [-0.2, -0.15) is 0 Å². The first kappa shape index (κ1) is 21.0. The van der Waals surface area contributed by atoms with Gasteiger partial charge in [-0.15, -0.1) is 0 Å². The number of thioether (sulfide) groups is 1. The van der Waals surface area contributed by atoms with Crippen LogP contribution in [0.3, 0.4) is 0 Å². The molecule has 11 heteroatoms. The molecule has 0 unspecified atom stereocenters. The Morgan fingerprint density at radius 3 is 2.83 bits per heavy atom. The van der Waals surface area contributed by atoms with E-state index in [0.717, 1.165) is 11.8 Å². The monoisotopic (exact) mass is 452 g/mol. The summed E-state index contributed by atoms with van der Waals surface area (Å²) in [4.78, 5) is 35.3. The molecule has 1 aromatic carbocycles.